The zero-order valence-electron chi connectivity index (χ0n) is 10.8. The van der Waals surface area contributed by atoms with Gasteiger partial charge in [0.2, 0.25) is 0 Å². The number of sulfone groups is 1. The lowest BCUT2D eigenvalue weighted by atomic mass is 9.96. The van der Waals surface area contributed by atoms with Crippen LogP contribution >= 0.6 is 11.6 Å². The van der Waals surface area contributed by atoms with Gasteiger partial charge in [-0.1, -0.05) is 17.7 Å². The van der Waals surface area contributed by atoms with Gasteiger partial charge in [0.25, 0.3) is 0 Å². The zero-order valence-corrected chi connectivity index (χ0v) is 12.3. The molecule has 0 atom stereocenters. The Balaban J connectivity index is 2.39. The molecule has 0 saturated heterocycles. The van der Waals surface area contributed by atoms with Crippen molar-refractivity contribution in [3.05, 3.63) is 28.8 Å². The van der Waals surface area contributed by atoms with Gasteiger partial charge in [0, 0.05) is 6.26 Å². The monoisotopic (exact) mass is 302 g/mol. The van der Waals surface area contributed by atoms with Crippen molar-refractivity contribution < 1.29 is 17.9 Å². The van der Waals surface area contributed by atoms with Crippen LogP contribution in [0.25, 0.3) is 0 Å². The van der Waals surface area contributed by atoms with Crippen LogP contribution in [-0.4, -0.2) is 27.2 Å². The fourth-order valence-corrected chi connectivity index (χ4v) is 3.43. The first-order chi connectivity index (χ1) is 8.81. The largest absolute Gasteiger partial charge is 0.465 e. The maximum atomic E-state index is 11.9. The molecule has 1 saturated carbocycles. The van der Waals surface area contributed by atoms with Crippen LogP contribution in [0.4, 0.5) is 0 Å². The van der Waals surface area contributed by atoms with Crippen molar-refractivity contribution in [2.45, 2.75) is 30.1 Å². The molecule has 0 unspecified atom stereocenters. The highest BCUT2D eigenvalue weighted by molar-refractivity contribution is 7.90. The minimum Gasteiger partial charge on any atom is -0.465 e. The zero-order chi connectivity index (χ0) is 14.3. The number of hydrogen-bond acceptors (Lipinski definition) is 4. The van der Waals surface area contributed by atoms with E-state index in [2.05, 4.69) is 0 Å². The third kappa shape index (κ3) is 2.62. The SMILES string of the molecule is CCOC(=O)C1(c2ccc(S(C)(=O)=O)c(Cl)c2)CC1. The van der Waals surface area contributed by atoms with Crippen molar-refractivity contribution in [1.82, 2.24) is 0 Å². The highest BCUT2D eigenvalue weighted by atomic mass is 35.5. The van der Waals surface area contributed by atoms with E-state index in [0.717, 1.165) is 11.8 Å². The van der Waals surface area contributed by atoms with Crippen LogP contribution in [-0.2, 0) is 24.8 Å². The number of benzene rings is 1. The molecule has 0 aromatic heterocycles. The lowest BCUT2D eigenvalue weighted by Crippen LogP contribution is -2.23. The molecular weight excluding hydrogens is 288 g/mol. The van der Waals surface area contributed by atoms with Crippen molar-refractivity contribution in [3.8, 4) is 0 Å². The van der Waals surface area contributed by atoms with E-state index < -0.39 is 15.3 Å². The Hall–Kier alpha value is -1.07. The van der Waals surface area contributed by atoms with E-state index in [0.29, 0.717) is 19.4 Å². The smallest absolute Gasteiger partial charge is 0.316 e. The minimum atomic E-state index is -3.35. The fraction of sp³-hybridized carbons (Fsp3) is 0.462. The van der Waals surface area contributed by atoms with Crippen LogP contribution in [0.2, 0.25) is 5.02 Å². The minimum absolute atomic E-state index is 0.0811. The summed E-state index contributed by atoms with van der Waals surface area (Å²) < 4.78 is 28.0. The predicted octanol–water partition coefficient (Wildman–Crippen LogP) is 2.34. The number of rotatable bonds is 4. The van der Waals surface area contributed by atoms with E-state index >= 15 is 0 Å². The van der Waals surface area contributed by atoms with E-state index in [1.165, 1.54) is 6.07 Å². The summed E-state index contributed by atoms with van der Waals surface area (Å²) in [6.07, 6.45) is 2.52. The van der Waals surface area contributed by atoms with Gasteiger partial charge < -0.3 is 4.74 Å². The van der Waals surface area contributed by atoms with E-state index in [1.54, 1.807) is 19.1 Å². The molecule has 6 heteroatoms. The molecule has 0 N–H and O–H groups in total. The third-order valence-corrected chi connectivity index (χ3v) is 4.88. The molecule has 0 spiro atoms. The van der Waals surface area contributed by atoms with Crippen molar-refractivity contribution in [2.24, 2.45) is 0 Å². The lowest BCUT2D eigenvalue weighted by molar-refractivity contribution is -0.146. The summed E-state index contributed by atoms with van der Waals surface area (Å²) in [5.74, 6) is -0.266. The first kappa shape index (κ1) is 14.3. The molecule has 0 heterocycles. The average Bonchev–Trinajstić information content (AvgIpc) is 3.08. The summed E-state index contributed by atoms with van der Waals surface area (Å²) in [6.45, 7) is 2.09. The van der Waals surface area contributed by atoms with E-state index in [-0.39, 0.29) is 15.9 Å². The summed E-state index contributed by atoms with van der Waals surface area (Å²) in [5, 5.41) is 0.149. The standard InChI is InChI=1S/C13H15ClO4S/c1-3-18-12(15)13(6-7-13)9-4-5-11(10(14)8-9)19(2,16)17/h4-5,8H,3,6-7H2,1-2H3. The molecule has 0 amide bonds. The number of ether oxygens (including phenoxy) is 1. The van der Waals surface area contributed by atoms with Gasteiger partial charge >= 0.3 is 5.97 Å². The van der Waals surface area contributed by atoms with Crippen LogP contribution in [0.3, 0.4) is 0 Å². The van der Waals surface area contributed by atoms with Gasteiger partial charge in [0.15, 0.2) is 9.84 Å². The van der Waals surface area contributed by atoms with Crippen LogP contribution in [0.15, 0.2) is 23.1 Å². The van der Waals surface area contributed by atoms with E-state index in [9.17, 15) is 13.2 Å². The molecule has 4 nitrogen and oxygen atoms in total. The predicted molar refractivity (Wildman–Crippen MR) is 72.1 cm³/mol. The summed E-state index contributed by atoms with van der Waals surface area (Å²) >= 11 is 6.00. The van der Waals surface area contributed by atoms with Gasteiger partial charge in [0.1, 0.15) is 0 Å². The molecule has 1 aromatic carbocycles. The Morgan fingerprint density at radius 1 is 1.42 bits per heavy atom. The highest BCUT2D eigenvalue weighted by Crippen LogP contribution is 2.50. The second-order valence-corrected chi connectivity index (χ2v) is 7.11. The van der Waals surface area contributed by atoms with Gasteiger partial charge in [-0.2, -0.15) is 0 Å². The van der Waals surface area contributed by atoms with E-state index in [4.69, 9.17) is 16.3 Å². The second kappa shape index (κ2) is 4.80. The van der Waals surface area contributed by atoms with Crippen molar-refractivity contribution in [1.29, 1.82) is 0 Å². The van der Waals surface area contributed by atoms with Gasteiger partial charge in [-0.25, -0.2) is 8.42 Å². The molecule has 0 radical (unpaired) electrons. The molecule has 1 aromatic rings. The number of carbonyl (C=O) groups is 1. The quantitative estimate of drug-likeness (QED) is 0.801. The second-order valence-electron chi connectivity index (χ2n) is 4.72. The van der Waals surface area contributed by atoms with E-state index in [1.807, 2.05) is 0 Å². The Morgan fingerprint density at radius 2 is 2.05 bits per heavy atom. The first-order valence-corrected chi connectivity index (χ1v) is 8.25. The maximum absolute atomic E-state index is 11.9. The molecule has 1 fully saturated rings. The lowest BCUT2D eigenvalue weighted by Gasteiger charge is -2.15. The van der Waals surface area contributed by atoms with Crippen LogP contribution < -0.4 is 0 Å². The molecule has 0 aliphatic heterocycles. The number of carbonyl (C=O) groups excluding carboxylic acids is 1. The Bertz CT molecular complexity index is 618. The van der Waals surface area contributed by atoms with Crippen LogP contribution in [0.5, 0.6) is 0 Å². The molecule has 19 heavy (non-hydrogen) atoms. The number of esters is 1. The third-order valence-electron chi connectivity index (χ3n) is 3.30. The summed E-state index contributed by atoms with van der Waals surface area (Å²) in [4.78, 5) is 12.0. The highest BCUT2D eigenvalue weighted by Gasteiger charge is 2.52. The maximum Gasteiger partial charge on any atom is 0.316 e. The molecule has 2 rings (SSSR count). The van der Waals surface area contributed by atoms with Crippen molar-refractivity contribution in [3.63, 3.8) is 0 Å². The van der Waals surface area contributed by atoms with Crippen molar-refractivity contribution in [2.75, 3.05) is 12.9 Å². The molecule has 1 aliphatic carbocycles. The average molecular weight is 303 g/mol. The molecular formula is C13H15ClO4S. The Labute approximate surface area is 117 Å². The summed E-state index contributed by atoms with van der Waals surface area (Å²) in [7, 11) is -3.35. The van der Waals surface area contributed by atoms with Crippen molar-refractivity contribution >= 4 is 27.4 Å². The Morgan fingerprint density at radius 3 is 2.47 bits per heavy atom. The normalized spacial score (nSPS) is 17.0. The van der Waals surface area contributed by atoms with Gasteiger partial charge in [-0.05, 0) is 37.5 Å². The fourth-order valence-electron chi connectivity index (χ4n) is 2.10. The number of hydrogen-bond donors (Lipinski definition) is 0. The van der Waals surface area contributed by atoms with Gasteiger partial charge in [0.05, 0.1) is 21.9 Å². The summed E-state index contributed by atoms with van der Waals surface area (Å²) in [6, 6.07) is 4.65. The Kier molecular flexibility index (Phi) is 3.62. The molecule has 104 valence electrons. The van der Waals surface area contributed by atoms with Crippen LogP contribution in [0.1, 0.15) is 25.3 Å². The molecule has 1 aliphatic rings. The molecule has 0 bridgehead atoms. The van der Waals surface area contributed by atoms with Gasteiger partial charge in [-0.15, -0.1) is 0 Å². The topological polar surface area (TPSA) is 60.4 Å². The number of halogens is 1. The van der Waals surface area contributed by atoms with Gasteiger partial charge in [-0.3, -0.25) is 4.79 Å². The first-order valence-electron chi connectivity index (χ1n) is 5.98. The summed E-state index contributed by atoms with van der Waals surface area (Å²) in [5.41, 5.74) is 0.0960. The van der Waals surface area contributed by atoms with Crippen LogP contribution in [0, 0.1) is 0 Å².